The second-order valence-corrected chi connectivity index (χ2v) is 7.25. The van der Waals surface area contributed by atoms with E-state index in [4.69, 9.17) is 9.47 Å². The predicted octanol–water partition coefficient (Wildman–Crippen LogP) is 1.54. The zero-order valence-electron chi connectivity index (χ0n) is 20.0. The van der Waals surface area contributed by atoms with Crippen molar-refractivity contribution in [2.75, 3.05) is 33.7 Å². The van der Waals surface area contributed by atoms with Gasteiger partial charge in [0.2, 0.25) is 12.4 Å². The van der Waals surface area contributed by atoms with Crippen molar-refractivity contribution >= 4 is 24.3 Å². The van der Waals surface area contributed by atoms with E-state index in [-0.39, 0.29) is 35.1 Å². The van der Waals surface area contributed by atoms with Gasteiger partial charge in [-0.3, -0.25) is 24.7 Å². The number of H-pyrrole nitrogens is 1. The average Bonchev–Trinajstić information content (AvgIpc) is 2.86. The van der Waals surface area contributed by atoms with Crippen LogP contribution in [0.2, 0.25) is 0 Å². The van der Waals surface area contributed by atoms with E-state index in [1.807, 2.05) is 0 Å². The highest BCUT2D eigenvalue weighted by molar-refractivity contribution is 5.84. The van der Waals surface area contributed by atoms with E-state index >= 15 is 0 Å². The van der Waals surface area contributed by atoms with Crippen LogP contribution in [0.15, 0.2) is 46.3 Å². The maximum Gasteiger partial charge on any atom is 0.274 e. The molecular weight excluding hydrogens is 474 g/mol. The summed E-state index contributed by atoms with van der Waals surface area (Å²) in [5, 5.41) is 32.2. The number of aromatic amines is 1. The van der Waals surface area contributed by atoms with E-state index in [1.165, 1.54) is 31.3 Å². The van der Waals surface area contributed by atoms with E-state index in [2.05, 4.69) is 25.7 Å². The van der Waals surface area contributed by atoms with Gasteiger partial charge in [-0.15, -0.1) is 10.2 Å². The molecule has 0 unspecified atom stereocenters. The molecule has 3 aromatic rings. The molecule has 0 aliphatic rings. The lowest BCUT2D eigenvalue weighted by atomic mass is 10.1. The molecule has 3 rings (SSSR count). The molecule has 14 nitrogen and oxygen atoms in total. The fourth-order valence-electron chi connectivity index (χ4n) is 2.63. The fourth-order valence-corrected chi connectivity index (χ4v) is 2.63. The number of carbonyl (C=O) groups is 1. The minimum Gasteiger partial charge on any atom is -0.507 e. The lowest BCUT2D eigenvalue weighted by Crippen LogP contribution is -2.18. The molecule has 0 aliphatic heterocycles. The van der Waals surface area contributed by atoms with E-state index in [9.17, 15) is 24.8 Å². The van der Waals surface area contributed by atoms with Crippen LogP contribution in [0.25, 0.3) is 0 Å². The van der Waals surface area contributed by atoms with Crippen LogP contribution in [-0.4, -0.2) is 71.1 Å². The first-order valence-corrected chi connectivity index (χ1v) is 10.2. The van der Waals surface area contributed by atoms with Crippen molar-refractivity contribution in [3.8, 4) is 17.2 Å². The second kappa shape index (κ2) is 13.0. The van der Waals surface area contributed by atoms with Crippen LogP contribution in [0.4, 0.5) is 11.6 Å². The molecule has 36 heavy (non-hydrogen) atoms. The molecule has 1 heterocycles. The quantitative estimate of drug-likeness (QED) is 0.169. The number of methoxy groups -OCH3 is 2. The summed E-state index contributed by atoms with van der Waals surface area (Å²) >= 11 is 0. The SMILES string of the molecule is CN(C)C=O.COc1ccc(Cc2nnc(N/N=C/c3cc([N+](=O)[O-])ccc3O)[nH]c2=O)cc1OC. The number of rotatable bonds is 9. The Morgan fingerprint density at radius 1 is 1.17 bits per heavy atom. The standard InChI is InChI=1S/C19H18N6O6.C3H7NO/c1-30-16-6-3-11(8-17(16)31-2)7-14-18(27)21-19(24-22-14)23-20-10-12-9-13(25(28)29)4-5-15(12)26;1-4(2)3-5/h3-6,8-10,26H,7H2,1-2H3,(H2,21,23,24,27);3H,1-2H3/b20-10+;. The number of aromatic hydroxyl groups is 1. The van der Waals surface area contributed by atoms with Gasteiger partial charge in [-0.05, 0) is 23.8 Å². The number of nitrogens with zero attached hydrogens (tertiary/aromatic N) is 5. The number of hydrogen-bond donors (Lipinski definition) is 3. The third kappa shape index (κ3) is 7.79. The summed E-state index contributed by atoms with van der Waals surface area (Å²) in [6, 6.07) is 8.75. The van der Waals surface area contributed by atoms with Crippen molar-refractivity contribution in [2.24, 2.45) is 5.10 Å². The number of nitrogens with one attached hydrogen (secondary N) is 2. The van der Waals surface area contributed by atoms with Gasteiger partial charge in [0.1, 0.15) is 11.4 Å². The summed E-state index contributed by atoms with van der Waals surface area (Å²) in [5.74, 6) is 0.864. The Morgan fingerprint density at radius 3 is 2.44 bits per heavy atom. The summed E-state index contributed by atoms with van der Waals surface area (Å²) in [6.45, 7) is 0. The van der Waals surface area contributed by atoms with Gasteiger partial charge in [0.05, 0.1) is 25.4 Å². The lowest BCUT2D eigenvalue weighted by Gasteiger charge is -2.09. The van der Waals surface area contributed by atoms with Crippen LogP contribution in [-0.2, 0) is 11.2 Å². The summed E-state index contributed by atoms with van der Waals surface area (Å²) < 4.78 is 10.4. The maximum absolute atomic E-state index is 12.3. The smallest absolute Gasteiger partial charge is 0.274 e. The van der Waals surface area contributed by atoms with Gasteiger partial charge in [-0.2, -0.15) is 5.10 Å². The highest BCUT2D eigenvalue weighted by Gasteiger charge is 2.11. The first-order valence-electron chi connectivity index (χ1n) is 10.2. The molecule has 190 valence electrons. The molecule has 1 aromatic heterocycles. The largest absolute Gasteiger partial charge is 0.507 e. The number of amides is 1. The molecule has 0 radical (unpaired) electrons. The van der Waals surface area contributed by atoms with Crippen molar-refractivity contribution in [1.29, 1.82) is 0 Å². The van der Waals surface area contributed by atoms with Crippen molar-refractivity contribution in [1.82, 2.24) is 20.1 Å². The van der Waals surface area contributed by atoms with Crippen molar-refractivity contribution in [3.63, 3.8) is 0 Å². The third-order valence-electron chi connectivity index (χ3n) is 4.39. The van der Waals surface area contributed by atoms with Crippen molar-refractivity contribution in [3.05, 3.63) is 73.7 Å². The molecule has 0 saturated carbocycles. The molecule has 0 saturated heterocycles. The minimum atomic E-state index is -0.593. The van der Waals surface area contributed by atoms with Gasteiger partial charge in [0, 0.05) is 38.2 Å². The Bertz CT molecular complexity index is 1290. The van der Waals surface area contributed by atoms with Gasteiger partial charge in [-0.1, -0.05) is 6.07 Å². The Morgan fingerprint density at radius 2 is 1.86 bits per heavy atom. The number of non-ortho nitro benzene ring substituents is 1. The lowest BCUT2D eigenvalue weighted by molar-refractivity contribution is -0.384. The Labute approximate surface area is 205 Å². The Kier molecular flexibility index (Phi) is 9.85. The number of ether oxygens (including phenoxy) is 2. The topological polar surface area (TPSA) is 185 Å². The summed E-state index contributed by atoms with van der Waals surface area (Å²) in [5.41, 5.74) is 2.85. The maximum atomic E-state index is 12.3. The number of phenols is 1. The number of hydrogen-bond acceptors (Lipinski definition) is 11. The number of phenolic OH excluding ortho intramolecular Hbond substituents is 1. The second-order valence-electron chi connectivity index (χ2n) is 7.25. The number of aromatic nitrogens is 3. The first-order chi connectivity index (χ1) is 17.2. The number of nitro groups is 1. The number of benzene rings is 2. The Balaban J connectivity index is 0.000000830. The molecule has 0 fully saturated rings. The van der Waals surface area contributed by atoms with Gasteiger partial charge in [0.25, 0.3) is 11.2 Å². The van der Waals surface area contributed by atoms with E-state index in [1.54, 1.807) is 32.3 Å². The Hall–Kier alpha value is -5.01. The molecule has 2 aromatic carbocycles. The van der Waals surface area contributed by atoms with Crippen LogP contribution >= 0.6 is 0 Å². The molecular formula is C22H25N7O7. The van der Waals surface area contributed by atoms with Crippen LogP contribution in [0.5, 0.6) is 17.2 Å². The normalized spacial score (nSPS) is 10.2. The minimum absolute atomic E-state index is 0.0396. The molecule has 0 bridgehead atoms. The van der Waals surface area contributed by atoms with E-state index < -0.39 is 10.5 Å². The molecule has 1 amide bonds. The van der Waals surface area contributed by atoms with E-state index in [0.29, 0.717) is 11.5 Å². The molecule has 0 aliphatic carbocycles. The number of anilines is 1. The predicted molar refractivity (Wildman–Crippen MR) is 131 cm³/mol. The highest BCUT2D eigenvalue weighted by atomic mass is 16.6. The van der Waals surface area contributed by atoms with Crippen LogP contribution < -0.4 is 20.5 Å². The zero-order valence-corrected chi connectivity index (χ0v) is 20.0. The molecule has 14 heteroatoms. The van der Waals surface area contributed by atoms with Gasteiger partial charge < -0.3 is 19.5 Å². The summed E-state index contributed by atoms with van der Waals surface area (Å²) in [6.07, 6.45) is 2.12. The van der Waals surface area contributed by atoms with Gasteiger partial charge in [-0.25, -0.2) is 5.43 Å². The van der Waals surface area contributed by atoms with Crippen molar-refractivity contribution < 1.29 is 24.3 Å². The molecule has 0 spiro atoms. The molecule has 0 atom stereocenters. The zero-order chi connectivity index (χ0) is 26.7. The number of carbonyl (C=O) groups excluding carboxylic acids is 1. The van der Waals surface area contributed by atoms with E-state index in [0.717, 1.165) is 24.3 Å². The average molecular weight is 499 g/mol. The van der Waals surface area contributed by atoms with Gasteiger partial charge in [0.15, 0.2) is 11.5 Å². The number of hydrazone groups is 1. The summed E-state index contributed by atoms with van der Waals surface area (Å²) in [7, 11) is 6.42. The molecule has 3 N–H and O–H groups in total. The van der Waals surface area contributed by atoms with Crippen LogP contribution in [0.1, 0.15) is 16.8 Å². The summed E-state index contributed by atoms with van der Waals surface area (Å²) in [4.78, 5) is 35.9. The van der Waals surface area contributed by atoms with Crippen molar-refractivity contribution in [2.45, 2.75) is 6.42 Å². The monoisotopic (exact) mass is 499 g/mol. The first kappa shape index (κ1) is 27.2. The van der Waals surface area contributed by atoms with Crippen LogP contribution in [0.3, 0.4) is 0 Å². The highest BCUT2D eigenvalue weighted by Crippen LogP contribution is 2.28. The third-order valence-corrected chi connectivity index (χ3v) is 4.39. The van der Waals surface area contributed by atoms with Crippen LogP contribution in [0, 0.1) is 10.1 Å². The fraction of sp³-hybridized carbons (Fsp3) is 0.227. The van der Waals surface area contributed by atoms with Gasteiger partial charge >= 0.3 is 0 Å². The number of nitro benzene ring substituents is 1.